The van der Waals surface area contributed by atoms with Crippen LogP contribution in [0.5, 0.6) is 0 Å². The molecule has 0 radical (unpaired) electrons. The zero-order valence-corrected chi connectivity index (χ0v) is 21.1. The molecule has 2 aromatic carbocycles. The lowest BCUT2D eigenvalue weighted by Gasteiger charge is -2.25. The molecule has 0 unspecified atom stereocenters. The average molecular weight is 591 g/mol. The summed E-state index contributed by atoms with van der Waals surface area (Å²) in [6, 6.07) is 13.5. The Hall–Kier alpha value is -2.62. The molecule has 1 fully saturated rings. The Morgan fingerprint density at radius 3 is 2.63 bits per heavy atom. The molecule has 0 atom stereocenters. The number of benzene rings is 2. The molecule has 2 heterocycles. The van der Waals surface area contributed by atoms with E-state index in [2.05, 4.69) is 32.9 Å². The minimum absolute atomic E-state index is 0.0601. The Bertz CT molecular complexity index is 1370. The normalized spacial score (nSPS) is 18.7. The van der Waals surface area contributed by atoms with E-state index in [1.165, 1.54) is 0 Å². The maximum absolute atomic E-state index is 13.6. The molecule has 4 nitrogen and oxygen atoms in total. The monoisotopic (exact) mass is 591 g/mol. The van der Waals surface area contributed by atoms with Gasteiger partial charge in [-0.15, -0.1) is 0 Å². The summed E-state index contributed by atoms with van der Waals surface area (Å²) in [5.74, 6) is -0.0930. The number of halogens is 4. The predicted molar refractivity (Wildman–Crippen MR) is 140 cm³/mol. The van der Waals surface area contributed by atoms with Gasteiger partial charge in [0.05, 0.1) is 22.2 Å². The molecule has 2 aromatic heterocycles. The van der Waals surface area contributed by atoms with Crippen molar-refractivity contribution in [3.63, 3.8) is 0 Å². The maximum atomic E-state index is 13.6. The second kappa shape index (κ2) is 9.79. The van der Waals surface area contributed by atoms with E-state index in [9.17, 15) is 18.0 Å². The smallest absolute Gasteiger partial charge is 0.352 e. The van der Waals surface area contributed by atoms with Gasteiger partial charge in [-0.05, 0) is 73.6 Å². The van der Waals surface area contributed by atoms with Gasteiger partial charge in [0.1, 0.15) is 0 Å². The van der Waals surface area contributed by atoms with Gasteiger partial charge in [-0.25, -0.2) is 0 Å². The fraction of sp³-hybridized carbons (Fsp3) is 0.333. The number of hydrogen-bond acceptors (Lipinski definition) is 2. The van der Waals surface area contributed by atoms with E-state index in [0.717, 1.165) is 54.3 Å². The average Bonchev–Trinajstić information content (AvgIpc) is 3.25. The van der Waals surface area contributed by atoms with Crippen molar-refractivity contribution in [2.45, 2.75) is 42.3 Å². The number of rotatable bonds is 5. The number of amides is 1. The molecular formula is C27H25F3IN3O. The number of nitrogens with one attached hydrogen (secondary N) is 1. The Labute approximate surface area is 215 Å². The van der Waals surface area contributed by atoms with E-state index in [4.69, 9.17) is 0 Å². The first-order chi connectivity index (χ1) is 16.8. The summed E-state index contributed by atoms with van der Waals surface area (Å²) in [5, 5.41) is 4.32. The van der Waals surface area contributed by atoms with E-state index >= 15 is 0 Å². The number of pyridine rings is 1. The third-order valence-electron chi connectivity index (χ3n) is 6.78. The van der Waals surface area contributed by atoms with Crippen LogP contribution in [0.25, 0.3) is 21.8 Å². The zero-order valence-electron chi connectivity index (χ0n) is 19.0. The molecule has 1 aliphatic carbocycles. The molecule has 4 aromatic rings. The Kier molecular flexibility index (Phi) is 6.74. The van der Waals surface area contributed by atoms with Crippen LogP contribution in [0.15, 0.2) is 60.9 Å². The van der Waals surface area contributed by atoms with Crippen LogP contribution in [0.1, 0.15) is 47.2 Å². The second-order valence-corrected chi connectivity index (χ2v) is 11.0. The van der Waals surface area contributed by atoms with Crippen LogP contribution in [0, 0.1) is 5.92 Å². The van der Waals surface area contributed by atoms with Crippen LogP contribution < -0.4 is 5.32 Å². The summed E-state index contributed by atoms with van der Waals surface area (Å²) in [7, 11) is 0. The van der Waals surface area contributed by atoms with Crippen molar-refractivity contribution in [2.24, 2.45) is 5.92 Å². The van der Waals surface area contributed by atoms with Crippen LogP contribution in [-0.2, 0) is 12.7 Å². The third-order valence-corrected chi connectivity index (χ3v) is 8.03. The maximum Gasteiger partial charge on any atom is 0.416 e. The quantitative estimate of drug-likeness (QED) is 0.201. The summed E-state index contributed by atoms with van der Waals surface area (Å²) in [6.07, 6.45) is 3.22. The number of carbonyl (C=O) groups excluding carboxylic acids is 1. The molecule has 0 spiro atoms. The van der Waals surface area contributed by atoms with Gasteiger partial charge in [0.15, 0.2) is 0 Å². The Morgan fingerprint density at radius 1 is 1.06 bits per heavy atom. The molecule has 0 saturated heterocycles. The van der Waals surface area contributed by atoms with Crippen LogP contribution in [0.3, 0.4) is 0 Å². The molecule has 1 aliphatic rings. The van der Waals surface area contributed by atoms with Crippen molar-refractivity contribution in [3.8, 4) is 0 Å². The summed E-state index contributed by atoms with van der Waals surface area (Å²) < 4.78 is 43.4. The number of nitrogens with zero attached hydrogens (tertiary/aromatic N) is 2. The minimum atomic E-state index is -4.53. The van der Waals surface area contributed by atoms with Gasteiger partial charge >= 0.3 is 6.18 Å². The second-order valence-electron chi connectivity index (χ2n) is 9.26. The summed E-state index contributed by atoms with van der Waals surface area (Å²) in [6.45, 7) is 0.915. The van der Waals surface area contributed by atoms with Crippen molar-refractivity contribution in [2.75, 3.05) is 6.54 Å². The van der Waals surface area contributed by atoms with Crippen molar-refractivity contribution in [3.05, 3.63) is 77.6 Å². The van der Waals surface area contributed by atoms with Crippen molar-refractivity contribution in [1.29, 1.82) is 0 Å². The van der Waals surface area contributed by atoms with Gasteiger partial charge in [-0.3, -0.25) is 9.78 Å². The molecule has 1 amide bonds. The van der Waals surface area contributed by atoms with E-state index in [0.29, 0.717) is 33.8 Å². The van der Waals surface area contributed by atoms with Gasteiger partial charge in [-0.2, -0.15) is 13.2 Å². The molecular weight excluding hydrogens is 566 g/mol. The molecule has 35 heavy (non-hydrogen) atoms. The first-order valence-electron chi connectivity index (χ1n) is 11.7. The van der Waals surface area contributed by atoms with E-state index < -0.39 is 17.6 Å². The lowest BCUT2D eigenvalue weighted by Crippen LogP contribution is -2.32. The Morgan fingerprint density at radius 2 is 1.86 bits per heavy atom. The number of fused-ring (bicyclic) bond motifs is 2. The fourth-order valence-corrected chi connectivity index (χ4v) is 5.62. The van der Waals surface area contributed by atoms with Gasteiger partial charge in [0.25, 0.3) is 5.91 Å². The van der Waals surface area contributed by atoms with Gasteiger partial charge in [0, 0.05) is 40.2 Å². The highest BCUT2D eigenvalue weighted by Crippen LogP contribution is 2.34. The highest BCUT2D eigenvalue weighted by atomic mass is 127. The number of alkyl halides is 4. The fourth-order valence-electron chi connectivity index (χ4n) is 4.90. The third kappa shape index (κ3) is 5.32. The van der Waals surface area contributed by atoms with Crippen LogP contribution >= 0.6 is 22.6 Å². The van der Waals surface area contributed by atoms with E-state index in [1.807, 2.05) is 34.9 Å². The summed E-state index contributed by atoms with van der Waals surface area (Å²) >= 11 is 2.45. The number of aromatic nitrogens is 2. The first-order valence-corrected chi connectivity index (χ1v) is 13.0. The zero-order chi connectivity index (χ0) is 24.6. The highest BCUT2D eigenvalue weighted by molar-refractivity contribution is 14.1. The van der Waals surface area contributed by atoms with E-state index in [1.54, 1.807) is 18.5 Å². The molecule has 1 saturated carbocycles. The summed E-state index contributed by atoms with van der Waals surface area (Å²) in [4.78, 5) is 17.6. The standard InChI is InChI=1S/C27H25F3IN3O/c28-27(29,30)21-13-20-9-11-34(16-18-5-8-24-19(12-18)2-1-10-32-24)25(20)23(14-21)26(35)33-15-17-3-6-22(31)7-4-17/h1-2,5,8-14,17,22H,3-4,6-7,15-16H2,(H,33,35). The molecule has 182 valence electrons. The van der Waals surface area contributed by atoms with E-state index in [-0.39, 0.29) is 5.56 Å². The van der Waals surface area contributed by atoms with Gasteiger partial charge < -0.3 is 9.88 Å². The van der Waals surface area contributed by atoms with Crippen LogP contribution in [0.4, 0.5) is 13.2 Å². The molecule has 5 rings (SSSR count). The summed E-state index contributed by atoms with van der Waals surface area (Å²) in [5.41, 5.74) is 1.61. The van der Waals surface area contributed by atoms with Crippen LogP contribution in [0.2, 0.25) is 0 Å². The van der Waals surface area contributed by atoms with Crippen molar-refractivity contribution in [1.82, 2.24) is 14.9 Å². The topological polar surface area (TPSA) is 46.9 Å². The molecule has 1 N–H and O–H groups in total. The van der Waals surface area contributed by atoms with Crippen LogP contribution in [-0.4, -0.2) is 25.9 Å². The predicted octanol–water partition coefficient (Wildman–Crippen LogP) is 6.98. The van der Waals surface area contributed by atoms with Crippen molar-refractivity contribution >= 4 is 50.3 Å². The molecule has 0 bridgehead atoms. The lowest BCUT2D eigenvalue weighted by molar-refractivity contribution is -0.137. The van der Waals surface area contributed by atoms with Crippen molar-refractivity contribution < 1.29 is 18.0 Å². The van der Waals surface area contributed by atoms with Gasteiger partial charge in [0.2, 0.25) is 0 Å². The molecule has 8 heteroatoms. The highest BCUT2D eigenvalue weighted by Gasteiger charge is 2.33. The Balaban J connectivity index is 1.47. The first kappa shape index (κ1) is 24.1. The SMILES string of the molecule is O=C(NCC1CCC(I)CC1)c1cc(C(F)(F)F)cc2ccn(Cc3ccc4ncccc4c3)c12. The largest absolute Gasteiger partial charge is 0.416 e. The van der Waals surface area contributed by atoms with Gasteiger partial charge in [-0.1, -0.05) is 34.7 Å². The molecule has 0 aliphatic heterocycles. The number of carbonyl (C=O) groups is 1. The number of hydrogen-bond donors (Lipinski definition) is 1. The minimum Gasteiger partial charge on any atom is -0.352 e. The lowest BCUT2D eigenvalue weighted by atomic mass is 9.89.